The molecule has 0 N–H and O–H groups in total. The Balaban J connectivity index is 2.11. The Morgan fingerprint density at radius 3 is 2.86 bits per heavy atom. The molecule has 1 aliphatic carbocycles. The van der Waals surface area contributed by atoms with Crippen molar-refractivity contribution in [2.75, 3.05) is 19.8 Å². The van der Waals surface area contributed by atoms with Crippen molar-refractivity contribution in [3.8, 4) is 0 Å². The van der Waals surface area contributed by atoms with Gasteiger partial charge in [0.05, 0.1) is 19.3 Å². The molecule has 0 spiro atoms. The number of morpholine rings is 1. The Labute approximate surface area is 85.4 Å². The third kappa shape index (κ3) is 1.71. The van der Waals surface area contributed by atoms with Gasteiger partial charge >= 0.3 is 0 Å². The summed E-state index contributed by atoms with van der Waals surface area (Å²) >= 11 is 0. The highest BCUT2D eigenvalue weighted by Gasteiger charge is 2.40. The van der Waals surface area contributed by atoms with Crippen LogP contribution in [0.25, 0.3) is 0 Å². The van der Waals surface area contributed by atoms with E-state index in [2.05, 4.69) is 18.7 Å². The average molecular weight is 197 g/mol. The number of rotatable bonds is 1. The topological polar surface area (TPSA) is 29.5 Å². The number of carbonyl (C=O) groups excluding carboxylic acids is 1. The van der Waals surface area contributed by atoms with Crippen LogP contribution < -0.4 is 0 Å². The average Bonchev–Trinajstić information content (AvgIpc) is 2.51. The van der Waals surface area contributed by atoms with Crippen molar-refractivity contribution in [2.24, 2.45) is 0 Å². The molecular formula is C11H19NO2. The van der Waals surface area contributed by atoms with Crippen LogP contribution in [0.3, 0.4) is 0 Å². The first-order chi connectivity index (χ1) is 6.61. The number of nitrogens with zero attached hydrogens (tertiary/aromatic N) is 1. The number of ketones is 1. The largest absolute Gasteiger partial charge is 0.378 e. The van der Waals surface area contributed by atoms with E-state index in [1.54, 1.807) is 0 Å². The number of hydrogen-bond acceptors (Lipinski definition) is 3. The summed E-state index contributed by atoms with van der Waals surface area (Å²) < 4.78 is 5.46. The quantitative estimate of drug-likeness (QED) is 0.633. The van der Waals surface area contributed by atoms with E-state index in [0.29, 0.717) is 5.78 Å². The number of Topliss-reactive ketones (excluding diaryl/α,β-unsaturated/α-hetero) is 1. The number of hydrogen-bond donors (Lipinski definition) is 0. The zero-order valence-electron chi connectivity index (χ0n) is 9.08. The van der Waals surface area contributed by atoms with Crippen molar-refractivity contribution in [3.63, 3.8) is 0 Å². The third-order valence-corrected chi connectivity index (χ3v) is 3.36. The maximum Gasteiger partial charge on any atom is 0.149 e. The zero-order chi connectivity index (χ0) is 10.2. The maximum atomic E-state index is 11.7. The molecule has 0 amide bonds. The summed E-state index contributed by atoms with van der Waals surface area (Å²) in [7, 11) is 0. The summed E-state index contributed by atoms with van der Waals surface area (Å²) in [5.74, 6) is 0.431. The van der Waals surface area contributed by atoms with Gasteiger partial charge in [0.25, 0.3) is 0 Å². The van der Waals surface area contributed by atoms with Crippen molar-refractivity contribution in [1.82, 2.24) is 4.90 Å². The smallest absolute Gasteiger partial charge is 0.149 e. The highest BCUT2D eigenvalue weighted by molar-refractivity contribution is 5.86. The molecule has 1 heterocycles. The lowest BCUT2D eigenvalue weighted by Gasteiger charge is -2.45. The Hall–Kier alpha value is -0.410. The molecule has 80 valence electrons. The maximum absolute atomic E-state index is 11.7. The van der Waals surface area contributed by atoms with Gasteiger partial charge in [-0.15, -0.1) is 0 Å². The Morgan fingerprint density at radius 1 is 1.50 bits per heavy atom. The van der Waals surface area contributed by atoms with Gasteiger partial charge in [-0.25, -0.2) is 0 Å². The summed E-state index contributed by atoms with van der Waals surface area (Å²) in [6, 6.07) is 0.175. The first-order valence-corrected chi connectivity index (χ1v) is 5.48. The molecule has 3 heteroatoms. The van der Waals surface area contributed by atoms with Gasteiger partial charge in [-0.3, -0.25) is 9.69 Å². The van der Waals surface area contributed by atoms with Crippen LogP contribution in [0.1, 0.15) is 33.1 Å². The van der Waals surface area contributed by atoms with Gasteiger partial charge in [-0.05, 0) is 26.7 Å². The Bertz CT molecular complexity index is 237. The molecule has 2 rings (SSSR count). The minimum absolute atomic E-state index is 0.0307. The van der Waals surface area contributed by atoms with Gasteiger partial charge in [0, 0.05) is 18.5 Å². The van der Waals surface area contributed by atoms with Crippen LogP contribution in [0.2, 0.25) is 0 Å². The number of carbonyl (C=O) groups is 1. The lowest BCUT2D eigenvalue weighted by atomic mass is 9.98. The van der Waals surface area contributed by atoms with E-state index in [0.717, 1.165) is 39.0 Å². The molecule has 0 aromatic carbocycles. The van der Waals surface area contributed by atoms with Crippen LogP contribution in [0.15, 0.2) is 0 Å². The SMILES string of the molecule is CC1(C)COCCN1C1CCCC1=O. The molecule has 2 fully saturated rings. The summed E-state index contributed by atoms with van der Waals surface area (Å²) in [4.78, 5) is 14.0. The van der Waals surface area contributed by atoms with Gasteiger partial charge in [0.15, 0.2) is 0 Å². The van der Waals surface area contributed by atoms with Crippen LogP contribution >= 0.6 is 0 Å². The summed E-state index contributed by atoms with van der Waals surface area (Å²) in [5.41, 5.74) is 0.0307. The van der Waals surface area contributed by atoms with Crippen molar-refractivity contribution in [1.29, 1.82) is 0 Å². The molecular weight excluding hydrogens is 178 g/mol. The second-order valence-corrected chi connectivity index (χ2v) is 4.93. The molecule has 14 heavy (non-hydrogen) atoms. The van der Waals surface area contributed by atoms with Crippen LogP contribution in [0, 0.1) is 0 Å². The Morgan fingerprint density at radius 2 is 2.29 bits per heavy atom. The lowest BCUT2D eigenvalue weighted by Crippen LogP contribution is -2.58. The summed E-state index contributed by atoms with van der Waals surface area (Å²) in [5, 5.41) is 0. The van der Waals surface area contributed by atoms with Crippen molar-refractivity contribution in [2.45, 2.75) is 44.7 Å². The highest BCUT2D eigenvalue weighted by atomic mass is 16.5. The van der Waals surface area contributed by atoms with Gasteiger partial charge < -0.3 is 4.74 Å². The van der Waals surface area contributed by atoms with Crippen LogP contribution in [-0.2, 0) is 9.53 Å². The van der Waals surface area contributed by atoms with Crippen LogP contribution in [0.5, 0.6) is 0 Å². The molecule has 1 saturated carbocycles. The van der Waals surface area contributed by atoms with Crippen LogP contribution in [0.4, 0.5) is 0 Å². The lowest BCUT2D eigenvalue weighted by molar-refractivity contribution is -0.129. The van der Waals surface area contributed by atoms with E-state index in [1.807, 2.05) is 0 Å². The molecule has 0 bridgehead atoms. The summed E-state index contributed by atoms with van der Waals surface area (Å²) in [6.07, 6.45) is 2.89. The van der Waals surface area contributed by atoms with Gasteiger partial charge in [0.1, 0.15) is 5.78 Å². The fraction of sp³-hybridized carbons (Fsp3) is 0.909. The predicted octanol–water partition coefficient (Wildman–Crippen LogP) is 1.22. The Kier molecular flexibility index (Phi) is 2.62. The predicted molar refractivity (Wildman–Crippen MR) is 54.3 cm³/mol. The minimum atomic E-state index is 0.0307. The first-order valence-electron chi connectivity index (χ1n) is 5.48. The van der Waals surface area contributed by atoms with E-state index in [-0.39, 0.29) is 11.6 Å². The normalized spacial score (nSPS) is 33.6. The first kappa shape index (κ1) is 10.1. The van der Waals surface area contributed by atoms with Gasteiger partial charge in [0.2, 0.25) is 0 Å². The van der Waals surface area contributed by atoms with Crippen molar-refractivity contribution >= 4 is 5.78 Å². The molecule has 0 radical (unpaired) electrons. The third-order valence-electron chi connectivity index (χ3n) is 3.36. The van der Waals surface area contributed by atoms with Gasteiger partial charge in [-0.2, -0.15) is 0 Å². The van der Waals surface area contributed by atoms with E-state index in [4.69, 9.17) is 4.74 Å². The fourth-order valence-corrected chi connectivity index (χ4v) is 2.58. The minimum Gasteiger partial charge on any atom is -0.378 e. The highest BCUT2D eigenvalue weighted by Crippen LogP contribution is 2.28. The second kappa shape index (κ2) is 3.63. The van der Waals surface area contributed by atoms with E-state index >= 15 is 0 Å². The zero-order valence-corrected chi connectivity index (χ0v) is 9.08. The van der Waals surface area contributed by atoms with E-state index in [1.165, 1.54) is 0 Å². The molecule has 1 aliphatic heterocycles. The van der Waals surface area contributed by atoms with Gasteiger partial charge in [-0.1, -0.05) is 0 Å². The molecule has 0 aromatic heterocycles. The molecule has 1 saturated heterocycles. The fourth-order valence-electron chi connectivity index (χ4n) is 2.58. The van der Waals surface area contributed by atoms with E-state index in [9.17, 15) is 4.79 Å². The monoisotopic (exact) mass is 197 g/mol. The molecule has 1 unspecified atom stereocenters. The van der Waals surface area contributed by atoms with Crippen molar-refractivity contribution in [3.05, 3.63) is 0 Å². The molecule has 2 aliphatic rings. The molecule has 0 aromatic rings. The van der Waals surface area contributed by atoms with Crippen molar-refractivity contribution < 1.29 is 9.53 Å². The van der Waals surface area contributed by atoms with E-state index < -0.39 is 0 Å². The molecule has 1 atom stereocenters. The second-order valence-electron chi connectivity index (χ2n) is 4.93. The standard InChI is InChI=1S/C11H19NO2/c1-11(2)8-14-7-6-12(11)9-4-3-5-10(9)13/h9H,3-8H2,1-2H3. The number of ether oxygens (including phenoxy) is 1. The van der Waals surface area contributed by atoms with Crippen LogP contribution in [-0.4, -0.2) is 42.0 Å². The summed E-state index contributed by atoms with van der Waals surface area (Å²) in [6.45, 7) is 6.75. The molecule has 3 nitrogen and oxygen atoms in total.